The lowest BCUT2D eigenvalue weighted by molar-refractivity contribution is 0.0976. The molecule has 5 nitrogen and oxygen atoms in total. The molecule has 0 fully saturated rings. The Morgan fingerprint density at radius 1 is 1.23 bits per heavy atom. The molecule has 2 N–H and O–H groups in total. The van der Waals surface area contributed by atoms with Crippen LogP contribution in [-0.2, 0) is 4.74 Å². The summed E-state index contributed by atoms with van der Waals surface area (Å²) in [5.74, 6) is 0.471. The third-order valence-corrected chi connectivity index (χ3v) is 3.25. The lowest BCUT2D eigenvalue weighted by Gasteiger charge is -2.14. The van der Waals surface area contributed by atoms with Crippen molar-refractivity contribution in [2.45, 2.75) is 33.2 Å². The Balaban J connectivity index is 2.44. The van der Waals surface area contributed by atoms with Crippen molar-refractivity contribution in [2.24, 2.45) is 0 Å². The van der Waals surface area contributed by atoms with Crippen molar-refractivity contribution in [3.8, 4) is 5.75 Å². The number of hydrogen-bond donors (Lipinski definition) is 2. The molecule has 6 heteroatoms. The van der Waals surface area contributed by atoms with Gasteiger partial charge in [0.05, 0.1) is 6.61 Å². The van der Waals surface area contributed by atoms with E-state index in [4.69, 9.17) is 21.7 Å². The van der Waals surface area contributed by atoms with Crippen molar-refractivity contribution in [2.75, 3.05) is 19.8 Å². The Kier molecular flexibility index (Phi) is 8.47. The van der Waals surface area contributed by atoms with Crippen LogP contribution in [0.3, 0.4) is 0 Å². The number of carbonyl (C=O) groups is 1. The van der Waals surface area contributed by atoms with Crippen molar-refractivity contribution in [1.29, 1.82) is 0 Å². The lowest BCUT2D eigenvalue weighted by Crippen LogP contribution is -2.43. The molecule has 0 spiro atoms. The zero-order chi connectivity index (χ0) is 16.4. The van der Waals surface area contributed by atoms with E-state index in [1.54, 1.807) is 24.3 Å². The van der Waals surface area contributed by atoms with Gasteiger partial charge in [-0.2, -0.15) is 0 Å². The van der Waals surface area contributed by atoms with Crippen LogP contribution in [0.5, 0.6) is 5.75 Å². The van der Waals surface area contributed by atoms with E-state index in [1.807, 2.05) is 20.8 Å². The van der Waals surface area contributed by atoms with E-state index in [2.05, 4.69) is 10.6 Å². The normalized spacial score (nSPS) is 11.6. The van der Waals surface area contributed by atoms with Gasteiger partial charge in [-0.3, -0.25) is 10.1 Å². The van der Waals surface area contributed by atoms with Gasteiger partial charge in [0.2, 0.25) is 0 Å². The van der Waals surface area contributed by atoms with Crippen LogP contribution in [0.25, 0.3) is 0 Å². The SMILES string of the molecule is CCOCCOc1ccc(C(=O)NC(=S)NC(C)CC)cc1. The summed E-state index contributed by atoms with van der Waals surface area (Å²) in [6, 6.07) is 7.15. The quantitative estimate of drug-likeness (QED) is 0.568. The Morgan fingerprint density at radius 2 is 1.91 bits per heavy atom. The highest BCUT2D eigenvalue weighted by Gasteiger charge is 2.09. The molecule has 0 saturated heterocycles. The molecule has 1 unspecified atom stereocenters. The van der Waals surface area contributed by atoms with E-state index in [0.717, 1.165) is 6.42 Å². The zero-order valence-electron chi connectivity index (χ0n) is 13.3. The maximum absolute atomic E-state index is 12.0. The third-order valence-electron chi connectivity index (χ3n) is 3.03. The summed E-state index contributed by atoms with van der Waals surface area (Å²) < 4.78 is 10.7. The van der Waals surface area contributed by atoms with Crippen LogP contribution in [0.15, 0.2) is 24.3 Å². The van der Waals surface area contributed by atoms with Gasteiger partial charge >= 0.3 is 0 Å². The van der Waals surface area contributed by atoms with Crippen molar-refractivity contribution in [1.82, 2.24) is 10.6 Å². The Morgan fingerprint density at radius 3 is 2.50 bits per heavy atom. The summed E-state index contributed by atoms with van der Waals surface area (Å²) in [5, 5.41) is 6.05. The fraction of sp³-hybridized carbons (Fsp3) is 0.500. The minimum Gasteiger partial charge on any atom is -0.491 e. The van der Waals surface area contributed by atoms with E-state index in [1.165, 1.54) is 0 Å². The molecule has 1 amide bonds. The average molecular weight is 324 g/mol. The number of carbonyl (C=O) groups excluding carboxylic acids is 1. The second kappa shape index (κ2) is 10.1. The van der Waals surface area contributed by atoms with Crippen molar-refractivity contribution in [3.63, 3.8) is 0 Å². The monoisotopic (exact) mass is 324 g/mol. The zero-order valence-corrected chi connectivity index (χ0v) is 14.2. The van der Waals surface area contributed by atoms with Crippen molar-refractivity contribution in [3.05, 3.63) is 29.8 Å². The molecule has 1 aromatic rings. The fourth-order valence-corrected chi connectivity index (χ4v) is 1.90. The van der Waals surface area contributed by atoms with Crippen LogP contribution in [0, 0.1) is 0 Å². The van der Waals surface area contributed by atoms with Crippen LogP contribution in [0.4, 0.5) is 0 Å². The summed E-state index contributed by atoms with van der Waals surface area (Å²) in [5.41, 5.74) is 0.533. The number of rotatable bonds is 8. The molecule has 22 heavy (non-hydrogen) atoms. The van der Waals surface area contributed by atoms with E-state index in [0.29, 0.717) is 36.2 Å². The lowest BCUT2D eigenvalue weighted by atomic mass is 10.2. The summed E-state index contributed by atoms with van der Waals surface area (Å²) in [4.78, 5) is 12.0. The molecule has 1 rings (SSSR count). The fourth-order valence-electron chi connectivity index (χ4n) is 1.60. The molecular weight excluding hydrogens is 300 g/mol. The number of ether oxygens (including phenoxy) is 2. The first-order valence-corrected chi connectivity index (χ1v) is 7.90. The molecule has 1 atom stereocenters. The molecule has 0 bridgehead atoms. The highest BCUT2D eigenvalue weighted by atomic mass is 32.1. The molecule has 122 valence electrons. The molecule has 0 aliphatic carbocycles. The largest absolute Gasteiger partial charge is 0.491 e. The first-order valence-electron chi connectivity index (χ1n) is 7.49. The van der Waals surface area contributed by atoms with Crippen molar-refractivity contribution >= 4 is 23.2 Å². The third kappa shape index (κ3) is 6.87. The summed E-state index contributed by atoms with van der Waals surface area (Å²) >= 11 is 5.10. The summed E-state index contributed by atoms with van der Waals surface area (Å²) in [6.07, 6.45) is 0.934. The van der Waals surface area contributed by atoms with E-state index >= 15 is 0 Å². The number of thiocarbonyl (C=S) groups is 1. The summed E-state index contributed by atoms with van der Waals surface area (Å²) in [6.45, 7) is 7.71. The van der Waals surface area contributed by atoms with Crippen LogP contribution in [-0.4, -0.2) is 36.9 Å². The van der Waals surface area contributed by atoms with Crippen LogP contribution >= 0.6 is 12.2 Å². The van der Waals surface area contributed by atoms with Gasteiger partial charge in [0, 0.05) is 18.2 Å². The van der Waals surface area contributed by atoms with E-state index in [-0.39, 0.29) is 11.9 Å². The van der Waals surface area contributed by atoms with E-state index in [9.17, 15) is 4.79 Å². The second-order valence-electron chi connectivity index (χ2n) is 4.81. The predicted molar refractivity (Wildman–Crippen MR) is 91.4 cm³/mol. The number of nitrogens with one attached hydrogen (secondary N) is 2. The first kappa shape index (κ1) is 18.4. The maximum Gasteiger partial charge on any atom is 0.257 e. The van der Waals surface area contributed by atoms with Crippen LogP contribution in [0.2, 0.25) is 0 Å². The smallest absolute Gasteiger partial charge is 0.257 e. The van der Waals surface area contributed by atoms with Crippen LogP contribution < -0.4 is 15.4 Å². The minimum atomic E-state index is -0.235. The molecule has 0 radical (unpaired) electrons. The number of amides is 1. The molecule has 0 heterocycles. The van der Waals surface area contributed by atoms with Crippen molar-refractivity contribution < 1.29 is 14.3 Å². The Labute approximate surface area is 137 Å². The van der Waals surface area contributed by atoms with Gasteiger partial charge in [0.1, 0.15) is 12.4 Å². The molecule has 0 aliphatic heterocycles. The maximum atomic E-state index is 12.0. The van der Waals surface area contributed by atoms with Crippen LogP contribution in [0.1, 0.15) is 37.6 Å². The van der Waals surface area contributed by atoms with Gasteiger partial charge in [0.25, 0.3) is 5.91 Å². The van der Waals surface area contributed by atoms with Gasteiger partial charge in [0.15, 0.2) is 5.11 Å². The van der Waals surface area contributed by atoms with Gasteiger partial charge in [-0.1, -0.05) is 6.92 Å². The molecular formula is C16H24N2O3S. The second-order valence-corrected chi connectivity index (χ2v) is 5.21. The Hall–Kier alpha value is -1.66. The van der Waals surface area contributed by atoms with Gasteiger partial charge < -0.3 is 14.8 Å². The average Bonchev–Trinajstić information content (AvgIpc) is 2.51. The molecule has 1 aromatic carbocycles. The summed E-state index contributed by atoms with van der Waals surface area (Å²) in [7, 11) is 0. The molecule has 0 aliphatic rings. The Bertz CT molecular complexity index is 477. The van der Waals surface area contributed by atoms with Gasteiger partial charge in [-0.25, -0.2) is 0 Å². The highest BCUT2D eigenvalue weighted by Crippen LogP contribution is 2.12. The minimum absolute atomic E-state index is 0.230. The number of hydrogen-bond acceptors (Lipinski definition) is 4. The van der Waals surface area contributed by atoms with Gasteiger partial charge in [-0.15, -0.1) is 0 Å². The first-order chi connectivity index (χ1) is 10.6. The highest BCUT2D eigenvalue weighted by molar-refractivity contribution is 7.80. The standard InChI is InChI=1S/C16H24N2O3S/c1-4-12(3)17-16(22)18-15(19)13-6-8-14(9-7-13)21-11-10-20-5-2/h6-9,12H,4-5,10-11H2,1-3H3,(H2,17,18,19,22). The van der Waals surface area contributed by atoms with Gasteiger partial charge in [-0.05, 0) is 56.8 Å². The predicted octanol–water partition coefficient (Wildman–Crippen LogP) is 2.50. The molecule has 0 aromatic heterocycles. The topological polar surface area (TPSA) is 59.6 Å². The number of benzene rings is 1. The van der Waals surface area contributed by atoms with E-state index < -0.39 is 0 Å². The molecule has 0 saturated carbocycles.